The molecule has 2 aromatic rings. The summed E-state index contributed by atoms with van der Waals surface area (Å²) in [6, 6.07) is 10.2. The molecule has 0 bridgehead atoms. The lowest BCUT2D eigenvalue weighted by Gasteiger charge is -2.11. The number of hydrogen-bond acceptors (Lipinski definition) is 1. The van der Waals surface area contributed by atoms with Crippen LogP contribution in [0.15, 0.2) is 30.5 Å². The summed E-state index contributed by atoms with van der Waals surface area (Å²) in [7, 11) is 0. The van der Waals surface area contributed by atoms with Crippen molar-refractivity contribution in [1.82, 2.24) is 4.57 Å². The van der Waals surface area contributed by atoms with Gasteiger partial charge in [-0.1, -0.05) is 26.3 Å². The largest absolute Gasteiger partial charge is 0.347 e. The lowest BCUT2D eigenvalue weighted by molar-refractivity contribution is 0.477. The highest BCUT2D eigenvalue weighted by molar-refractivity contribution is 5.85. The molecule has 0 aliphatic rings. The minimum absolute atomic E-state index is 0.668. The fraction of sp³-hybridized carbons (Fsp3) is 0.357. The molecule has 2 heteroatoms. The number of benzene rings is 1. The molecule has 1 aromatic carbocycles. The molecule has 0 radical (unpaired) electrons. The molecule has 1 aromatic heterocycles. The quantitative estimate of drug-likeness (QED) is 0.764. The molecule has 0 fully saturated rings. The van der Waals surface area contributed by atoms with E-state index in [0.29, 0.717) is 5.92 Å². The second kappa shape index (κ2) is 4.40. The maximum atomic E-state index is 9.01. The third kappa shape index (κ3) is 1.81. The molecule has 1 heterocycles. The van der Waals surface area contributed by atoms with Gasteiger partial charge in [-0.15, -0.1) is 0 Å². The van der Waals surface area contributed by atoms with Crippen LogP contribution in [0.25, 0.3) is 10.9 Å². The van der Waals surface area contributed by atoms with E-state index in [1.807, 2.05) is 18.2 Å². The van der Waals surface area contributed by atoms with Crippen LogP contribution in [0.2, 0.25) is 0 Å². The van der Waals surface area contributed by atoms with E-state index in [2.05, 4.69) is 36.7 Å². The maximum absolute atomic E-state index is 9.01. The van der Waals surface area contributed by atoms with E-state index in [4.69, 9.17) is 5.26 Å². The van der Waals surface area contributed by atoms with Crippen molar-refractivity contribution >= 4 is 10.9 Å². The van der Waals surface area contributed by atoms with Gasteiger partial charge in [0.1, 0.15) is 0 Å². The van der Waals surface area contributed by atoms with Crippen LogP contribution in [-0.2, 0) is 6.54 Å². The molecule has 0 spiro atoms. The highest BCUT2D eigenvalue weighted by atomic mass is 15.0. The number of nitrogens with zero attached hydrogens (tertiary/aromatic N) is 2. The first-order valence-corrected chi connectivity index (χ1v) is 5.74. The highest BCUT2D eigenvalue weighted by Gasteiger charge is 2.06. The Morgan fingerprint density at radius 3 is 2.88 bits per heavy atom. The zero-order chi connectivity index (χ0) is 11.5. The van der Waals surface area contributed by atoms with Gasteiger partial charge in [-0.2, -0.15) is 5.26 Å². The first kappa shape index (κ1) is 10.8. The lowest BCUT2D eigenvalue weighted by atomic mass is 10.1. The Balaban J connectivity index is 2.46. The molecule has 2 rings (SSSR count). The zero-order valence-electron chi connectivity index (χ0n) is 9.77. The number of aromatic nitrogens is 1. The Morgan fingerprint density at radius 1 is 1.38 bits per heavy atom. The van der Waals surface area contributed by atoms with Gasteiger partial charge in [0.15, 0.2) is 0 Å². The van der Waals surface area contributed by atoms with Crippen molar-refractivity contribution in [3.63, 3.8) is 0 Å². The van der Waals surface area contributed by atoms with Gasteiger partial charge in [-0.05, 0) is 24.1 Å². The Labute approximate surface area is 96.1 Å². The monoisotopic (exact) mass is 212 g/mol. The molecular formula is C14H16N2. The predicted molar refractivity (Wildman–Crippen MR) is 66.1 cm³/mol. The Kier molecular flexibility index (Phi) is 2.96. The summed E-state index contributed by atoms with van der Waals surface area (Å²) < 4.78 is 2.24. The van der Waals surface area contributed by atoms with Gasteiger partial charge in [-0.3, -0.25) is 0 Å². The first-order valence-electron chi connectivity index (χ1n) is 5.74. The van der Waals surface area contributed by atoms with Crippen molar-refractivity contribution in [2.24, 2.45) is 5.92 Å². The molecule has 0 aliphatic carbocycles. The van der Waals surface area contributed by atoms with Gasteiger partial charge >= 0.3 is 0 Å². The zero-order valence-corrected chi connectivity index (χ0v) is 9.77. The van der Waals surface area contributed by atoms with E-state index in [0.717, 1.165) is 17.5 Å². The molecule has 0 amide bonds. The van der Waals surface area contributed by atoms with Crippen LogP contribution in [0.3, 0.4) is 0 Å². The van der Waals surface area contributed by atoms with Gasteiger partial charge < -0.3 is 4.57 Å². The van der Waals surface area contributed by atoms with E-state index in [1.54, 1.807) is 0 Å². The van der Waals surface area contributed by atoms with Crippen molar-refractivity contribution < 1.29 is 0 Å². The standard InChI is InChI=1S/C14H16N2/c1-3-11(2)10-16-8-7-13-12(9-15)5-4-6-14(13)16/h4-8,11H,3,10H2,1-2H3. The number of hydrogen-bond donors (Lipinski definition) is 0. The van der Waals surface area contributed by atoms with E-state index in [9.17, 15) is 0 Å². The number of rotatable bonds is 3. The molecule has 0 aliphatic heterocycles. The van der Waals surface area contributed by atoms with Crippen LogP contribution in [0.4, 0.5) is 0 Å². The normalized spacial score (nSPS) is 12.6. The molecule has 1 unspecified atom stereocenters. The second-order valence-corrected chi connectivity index (χ2v) is 4.33. The van der Waals surface area contributed by atoms with Crippen LogP contribution in [0.1, 0.15) is 25.8 Å². The molecule has 0 saturated heterocycles. The van der Waals surface area contributed by atoms with Crippen LogP contribution < -0.4 is 0 Å². The second-order valence-electron chi connectivity index (χ2n) is 4.33. The summed E-state index contributed by atoms with van der Waals surface area (Å²) in [5, 5.41) is 10.1. The Bertz CT molecular complexity index is 531. The van der Waals surface area contributed by atoms with Gasteiger partial charge in [0.2, 0.25) is 0 Å². The summed E-state index contributed by atoms with van der Waals surface area (Å²) in [5.41, 5.74) is 1.93. The van der Waals surface area contributed by atoms with Gasteiger partial charge in [-0.25, -0.2) is 0 Å². The van der Waals surface area contributed by atoms with E-state index < -0.39 is 0 Å². The fourth-order valence-corrected chi connectivity index (χ4v) is 1.95. The van der Waals surface area contributed by atoms with Crippen molar-refractivity contribution in [2.45, 2.75) is 26.8 Å². The molecule has 0 saturated carbocycles. The topological polar surface area (TPSA) is 28.7 Å². The molecule has 82 valence electrons. The SMILES string of the molecule is CCC(C)Cn1ccc2c(C#N)cccc21. The summed E-state index contributed by atoms with van der Waals surface area (Å²) >= 11 is 0. The predicted octanol–water partition coefficient (Wildman–Crippen LogP) is 3.56. The smallest absolute Gasteiger partial charge is 0.0998 e. The third-order valence-corrected chi connectivity index (χ3v) is 3.14. The summed E-state index contributed by atoms with van der Waals surface area (Å²) in [6.07, 6.45) is 3.26. The van der Waals surface area contributed by atoms with Crippen LogP contribution >= 0.6 is 0 Å². The minimum Gasteiger partial charge on any atom is -0.347 e. The molecule has 1 atom stereocenters. The maximum Gasteiger partial charge on any atom is 0.0998 e. The van der Waals surface area contributed by atoms with Crippen molar-refractivity contribution in [3.8, 4) is 6.07 Å². The summed E-state index contributed by atoms with van der Waals surface area (Å²) in [5.74, 6) is 0.668. The van der Waals surface area contributed by atoms with Gasteiger partial charge in [0.25, 0.3) is 0 Å². The average molecular weight is 212 g/mol. The van der Waals surface area contributed by atoms with E-state index >= 15 is 0 Å². The first-order chi connectivity index (χ1) is 7.76. The Hall–Kier alpha value is -1.75. The fourth-order valence-electron chi connectivity index (χ4n) is 1.95. The summed E-state index contributed by atoms with van der Waals surface area (Å²) in [4.78, 5) is 0. The number of nitriles is 1. The lowest BCUT2D eigenvalue weighted by Crippen LogP contribution is -2.05. The van der Waals surface area contributed by atoms with E-state index in [-0.39, 0.29) is 0 Å². The molecule has 0 N–H and O–H groups in total. The number of fused-ring (bicyclic) bond motifs is 1. The average Bonchev–Trinajstić information content (AvgIpc) is 2.72. The van der Waals surface area contributed by atoms with Crippen molar-refractivity contribution in [2.75, 3.05) is 0 Å². The van der Waals surface area contributed by atoms with Crippen LogP contribution in [0, 0.1) is 17.2 Å². The van der Waals surface area contributed by atoms with E-state index in [1.165, 1.54) is 11.9 Å². The van der Waals surface area contributed by atoms with Crippen LogP contribution in [-0.4, -0.2) is 4.57 Å². The molecule has 2 nitrogen and oxygen atoms in total. The van der Waals surface area contributed by atoms with Crippen molar-refractivity contribution in [1.29, 1.82) is 5.26 Å². The Morgan fingerprint density at radius 2 is 2.19 bits per heavy atom. The third-order valence-electron chi connectivity index (χ3n) is 3.14. The highest BCUT2D eigenvalue weighted by Crippen LogP contribution is 2.21. The van der Waals surface area contributed by atoms with Gasteiger partial charge in [0, 0.05) is 23.6 Å². The van der Waals surface area contributed by atoms with Crippen molar-refractivity contribution in [3.05, 3.63) is 36.0 Å². The molecule has 16 heavy (non-hydrogen) atoms. The summed E-state index contributed by atoms with van der Waals surface area (Å²) in [6.45, 7) is 5.48. The van der Waals surface area contributed by atoms with Gasteiger partial charge in [0.05, 0.1) is 11.6 Å². The molecular weight excluding hydrogens is 196 g/mol. The minimum atomic E-state index is 0.668. The van der Waals surface area contributed by atoms with Crippen LogP contribution in [0.5, 0.6) is 0 Å².